The Kier molecular flexibility index (Phi) is 8.71. The van der Waals surface area contributed by atoms with Crippen LogP contribution in [0.5, 0.6) is 0 Å². The lowest BCUT2D eigenvalue weighted by molar-refractivity contribution is -0.386. The Labute approximate surface area is 245 Å². The fraction of sp³-hybridized carbons (Fsp3) is 0.613. The summed E-state index contributed by atoms with van der Waals surface area (Å²) in [6.45, 7) is 7.77. The van der Waals surface area contributed by atoms with Crippen molar-refractivity contribution in [2.24, 2.45) is 0 Å². The molecule has 11 heteroatoms. The number of aliphatic hydroxyl groups is 2. The molecule has 4 saturated heterocycles. The Balaban J connectivity index is 1.18. The van der Waals surface area contributed by atoms with E-state index < -0.39 is 73.2 Å². The monoisotopic (exact) mass is 588 g/mol. The van der Waals surface area contributed by atoms with Gasteiger partial charge in [0.1, 0.15) is 42.7 Å². The highest BCUT2D eigenvalue weighted by Crippen LogP contribution is 2.39. The molecule has 2 N–H and O–H groups in total. The van der Waals surface area contributed by atoms with Gasteiger partial charge in [-0.25, -0.2) is 0 Å². The Morgan fingerprint density at radius 1 is 0.833 bits per heavy atom. The Hall–Kier alpha value is -2.00. The van der Waals surface area contributed by atoms with Gasteiger partial charge in [0.2, 0.25) is 0 Å². The molecule has 0 bridgehead atoms. The molecule has 0 amide bonds. The van der Waals surface area contributed by atoms with E-state index >= 15 is 0 Å². The van der Waals surface area contributed by atoms with Crippen LogP contribution in [0.2, 0.25) is 0 Å². The van der Waals surface area contributed by atoms with Crippen LogP contribution < -0.4 is 0 Å². The third-order valence-corrected chi connectivity index (χ3v) is 7.78. The van der Waals surface area contributed by atoms with Crippen molar-refractivity contribution >= 4 is 0 Å². The summed E-state index contributed by atoms with van der Waals surface area (Å²) in [4.78, 5) is 0. The van der Waals surface area contributed by atoms with Gasteiger partial charge in [-0.3, -0.25) is 0 Å². The number of ether oxygens (including phenoxy) is 9. The largest absolute Gasteiger partial charge is 0.385 e. The average Bonchev–Trinajstić information content (AvgIpc) is 3.51. The van der Waals surface area contributed by atoms with Gasteiger partial charge in [-0.1, -0.05) is 60.7 Å². The fourth-order valence-corrected chi connectivity index (χ4v) is 5.83. The molecular formula is C31H40O11. The molecule has 4 aliphatic heterocycles. The smallest absolute Gasteiger partial charge is 0.189 e. The van der Waals surface area contributed by atoms with Gasteiger partial charge < -0.3 is 52.8 Å². The zero-order valence-electron chi connectivity index (χ0n) is 24.2. The lowest BCUT2D eigenvalue weighted by Crippen LogP contribution is -2.63. The quantitative estimate of drug-likeness (QED) is 0.443. The van der Waals surface area contributed by atoms with E-state index in [1.54, 1.807) is 13.8 Å². The molecule has 10 atom stereocenters. The summed E-state index contributed by atoms with van der Waals surface area (Å²) in [6, 6.07) is 19.2. The molecule has 2 aromatic rings. The zero-order valence-corrected chi connectivity index (χ0v) is 24.2. The maximum Gasteiger partial charge on any atom is 0.189 e. The normalized spacial score (nSPS) is 38.2. The maximum atomic E-state index is 11.5. The second-order valence-corrected chi connectivity index (χ2v) is 11.9. The first-order valence-electron chi connectivity index (χ1n) is 14.4. The van der Waals surface area contributed by atoms with E-state index in [9.17, 15) is 10.2 Å². The topological polar surface area (TPSA) is 124 Å². The van der Waals surface area contributed by atoms with E-state index in [-0.39, 0.29) is 19.8 Å². The molecule has 0 spiro atoms. The fourth-order valence-electron chi connectivity index (χ4n) is 5.83. The molecule has 4 aliphatic rings. The van der Waals surface area contributed by atoms with Gasteiger partial charge >= 0.3 is 0 Å². The van der Waals surface area contributed by atoms with Crippen molar-refractivity contribution in [1.29, 1.82) is 0 Å². The van der Waals surface area contributed by atoms with Crippen molar-refractivity contribution in [2.45, 2.75) is 107 Å². The van der Waals surface area contributed by atoms with E-state index in [0.29, 0.717) is 0 Å². The molecule has 4 fully saturated rings. The van der Waals surface area contributed by atoms with Crippen LogP contribution in [0.15, 0.2) is 60.7 Å². The molecule has 230 valence electrons. The van der Waals surface area contributed by atoms with Crippen LogP contribution in [0, 0.1) is 0 Å². The predicted octanol–water partition coefficient (Wildman–Crippen LogP) is 2.78. The standard InChI is InChI=1S/C31H40O11/c1-30(2)36-17-21(40-30)24-26(42-31(3,4)41-24)27(33)39-29-22(32)25(34-15-18-11-7-5-8-12-18)23-20(37-29)16-35-28(38-23)19-13-9-6-10-14-19/h5-14,20-29,32-33H,15-17H2,1-4H3/t20-,21-,22+,23-,24-,25-,26-,27?,28?,29+/m1/s1. The van der Waals surface area contributed by atoms with Crippen LogP contribution in [0.1, 0.15) is 45.1 Å². The Morgan fingerprint density at radius 2 is 1.55 bits per heavy atom. The molecule has 6 rings (SSSR count). The van der Waals surface area contributed by atoms with Crippen LogP contribution >= 0.6 is 0 Å². The van der Waals surface area contributed by atoms with Gasteiger partial charge in [0.25, 0.3) is 0 Å². The second-order valence-electron chi connectivity index (χ2n) is 11.9. The van der Waals surface area contributed by atoms with E-state index in [4.69, 9.17) is 42.6 Å². The molecule has 2 aromatic carbocycles. The van der Waals surface area contributed by atoms with Crippen LogP contribution in [0.3, 0.4) is 0 Å². The number of aliphatic hydroxyl groups excluding tert-OH is 2. The number of hydrogen-bond donors (Lipinski definition) is 2. The molecule has 0 radical (unpaired) electrons. The van der Waals surface area contributed by atoms with Crippen molar-refractivity contribution in [3.05, 3.63) is 71.8 Å². The van der Waals surface area contributed by atoms with Crippen molar-refractivity contribution in [2.75, 3.05) is 13.2 Å². The van der Waals surface area contributed by atoms with E-state index in [0.717, 1.165) is 11.1 Å². The van der Waals surface area contributed by atoms with Gasteiger partial charge in [-0.15, -0.1) is 0 Å². The number of hydrogen-bond acceptors (Lipinski definition) is 11. The van der Waals surface area contributed by atoms with Gasteiger partial charge in [0.05, 0.1) is 19.8 Å². The van der Waals surface area contributed by atoms with Crippen LogP contribution in [-0.4, -0.2) is 90.3 Å². The van der Waals surface area contributed by atoms with E-state index in [1.165, 1.54) is 0 Å². The first-order chi connectivity index (χ1) is 20.1. The number of rotatable bonds is 8. The molecule has 0 saturated carbocycles. The first kappa shape index (κ1) is 30.0. The highest BCUT2D eigenvalue weighted by molar-refractivity contribution is 5.17. The lowest BCUT2D eigenvalue weighted by atomic mass is 9.97. The highest BCUT2D eigenvalue weighted by Gasteiger charge is 2.55. The van der Waals surface area contributed by atoms with Gasteiger partial charge in [0, 0.05) is 5.56 Å². The Bertz CT molecular complexity index is 1160. The van der Waals surface area contributed by atoms with Crippen LogP contribution in [0.25, 0.3) is 0 Å². The summed E-state index contributed by atoms with van der Waals surface area (Å²) in [7, 11) is 0. The van der Waals surface area contributed by atoms with Crippen molar-refractivity contribution in [3.8, 4) is 0 Å². The summed E-state index contributed by atoms with van der Waals surface area (Å²) in [6.07, 6.45) is -9.04. The number of fused-ring (bicyclic) bond motifs is 1. The SMILES string of the molecule is CC1(C)OC[C@H]([C@H]2OC(C)(C)O[C@H]2C(O)O[C@@H]2O[C@@H]3COC(c4ccccc4)O[C@H]3[C@H](OCc3ccccc3)[C@@H]2O)O1. The Morgan fingerprint density at radius 3 is 2.24 bits per heavy atom. The van der Waals surface area contributed by atoms with Gasteiger partial charge in [0.15, 0.2) is 30.4 Å². The minimum Gasteiger partial charge on any atom is -0.385 e. The minimum absolute atomic E-state index is 0.166. The van der Waals surface area contributed by atoms with Crippen LogP contribution in [-0.2, 0) is 49.2 Å². The molecule has 2 unspecified atom stereocenters. The summed E-state index contributed by atoms with van der Waals surface area (Å²) < 4.78 is 54.5. The van der Waals surface area contributed by atoms with Crippen LogP contribution in [0.4, 0.5) is 0 Å². The van der Waals surface area contributed by atoms with Crippen molar-refractivity contribution in [3.63, 3.8) is 0 Å². The minimum atomic E-state index is -1.53. The maximum absolute atomic E-state index is 11.5. The lowest BCUT2D eigenvalue weighted by Gasteiger charge is -2.48. The molecule has 11 nitrogen and oxygen atoms in total. The molecule has 42 heavy (non-hydrogen) atoms. The molecule has 0 aromatic heterocycles. The third-order valence-electron chi connectivity index (χ3n) is 7.78. The summed E-state index contributed by atoms with van der Waals surface area (Å²) in [5.41, 5.74) is 1.77. The number of benzene rings is 2. The summed E-state index contributed by atoms with van der Waals surface area (Å²) >= 11 is 0. The highest BCUT2D eigenvalue weighted by atomic mass is 16.8. The zero-order chi connectivity index (χ0) is 29.5. The van der Waals surface area contributed by atoms with Crippen molar-refractivity contribution < 1.29 is 52.8 Å². The van der Waals surface area contributed by atoms with Crippen molar-refractivity contribution in [1.82, 2.24) is 0 Å². The first-order valence-corrected chi connectivity index (χ1v) is 14.4. The third kappa shape index (κ3) is 6.57. The predicted molar refractivity (Wildman–Crippen MR) is 146 cm³/mol. The molecule has 0 aliphatic carbocycles. The molecule has 4 heterocycles. The summed E-state index contributed by atoms with van der Waals surface area (Å²) in [5.74, 6) is -1.80. The molecular weight excluding hydrogens is 548 g/mol. The van der Waals surface area contributed by atoms with Gasteiger partial charge in [-0.2, -0.15) is 0 Å². The average molecular weight is 589 g/mol. The van der Waals surface area contributed by atoms with E-state index in [2.05, 4.69) is 0 Å². The second kappa shape index (κ2) is 12.2. The summed E-state index contributed by atoms with van der Waals surface area (Å²) in [5, 5.41) is 22.8. The van der Waals surface area contributed by atoms with E-state index in [1.807, 2.05) is 74.5 Å². The van der Waals surface area contributed by atoms with Gasteiger partial charge in [-0.05, 0) is 33.3 Å².